The van der Waals surface area contributed by atoms with Crippen LogP contribution in [0.3, 0.4) is 0 Å². The third-order valence-corrected chi connectivity index (χ3v) is 5.98. The molecule has 0 aliphatic carbocycles. The standard InChI is InChI=1S/C12H22O2S3/c1-2-10(5-14-7-12-9-17-12)15-4-3-13-6-11-8-16-11/h10-12H,2-9H2,1H3. The Morgan fingerprint density at radius 2 is 1.82 bits per heavy atom. The lowest BCUT2D eigenvalue weighted by Crippen LogP contribution is -2.15. The second kappa shape index (κ2) is 8.20. The van der Waals surface area contributed by atoms with Gasteiger partial charge >= 0.3 is 0 Å². The Morgan fingerprint density at radius 1 is 1.18 bits per heavy atom. The molecule has 17 heavy (non-hydrogen) atoms. The van der Waals surface area contributed by atoms with Crippen molar-refractivity contribution >= 4 is 35.3 Å². The van der Waals surface area contributed by atoms with Crippen molar-refractivity contribution in [1.29, 1.82) is 0 Å². The SMILES string of the molecule is CCC(COCC1CS1)SCCOCC1CS1. The van der Waals surface area contributed by atoms with Gasteiger partial charge in [0, 0.05) is 33.0 Å². The highest BCUT2D eigenvalue weighted by Crippen LogP contribution is 2.30. The van der Waals surface area contributed by atoms with Gasteiger partial charge in [0.1, 0.15) is 0 Å². The lowest BCUT2D eigenvalue weighted by Gasteiger charge is -2.14. The molecule has 5 heteroatoms. The lowest BCUT2D eigenvalue weighted by atomic mass is 10.3. The van der Waals surface area contributed by atoms with Crippen molar-refractivity contribution in [2.24, 2.45) is 0 Å². The van der Waals surface area contributed by atoms with Gasteiger partial charge in [-0.2, -0.15) is 35.3 Å². The van der Waals surface area contributed by atoms with Crippen LogP contribution in [0.25, 0.3) is 0 Å². The molecular formula is C12H22O2S3. The minimum absolute atomic E-state index is 0.651. The monoisotopic (exact) mass is 294 g/mol. The summed E-state index contributed by atoms with van der Waals surface area (Å²) in [5.41, 5.74) is 0. The molecule has 3 unspecified atom stereocenters. The fraction of sp³-hybridized carbons (Fsp3) is 1.00. The Balaban J connectivity index is 1.39. The molecule has 0 radical (unpaired) electrons. The number of hydrogen-bond acceptors (Lipinski definition) is 5. The van der Waals surface area contributed by atoms with Gasteiger partial charge in [0.2, 0.25) is 0 Å². The molecular weight excluding hydrogens is 272 g/mol. The predicted molar refractivity (Wildman–Crippen MR) is 80.7 cm³/mol. The molecule has 0 N–H and O–H groups in total. The van der Waals surface area contributed by atoms with Crippen LogP contribution < -0.4 is 0 Å². The summed E-state index contributed by atoms with van der Waals surface area (Å²) >= 11 is 6.01. The minimum atomic E-state index is 0.651. The van der Waals surface area contributed by atoms with Gasteiger partial charge in [-0.3, -0.25) is 0 Å². The molecule has 2 aliphatic rings. The lowest BCUT2D eigenvalue weighted by molar-refractivity contribution is 0.141. The van der Waals surface area contributed by atoms with Gasteiger partial charge in [0.15, 0.2) is 0 Å². The highest BCUT2D eigenvalue weighted by Gasteiger charge is 2.23. The van der Waals surface area contributed by atoms with Crippen molar-refractivity contribution in [3.63, 3.8) is 0 Å². The predicted octanol–water partition coefficient (Wildman–Crippen LogP) is 2.76. The zero-order valence-corrected chi connectivity index (χ0v) is 12.9. The topological polar surface area (TPSA) is 18.5 Å². The summed E-state index contributed by atoms with van der Waals surface area (Å²) in [6, 6.07) is 0. The van der Waals surface area contributed by atoms with E-state index in [0.717, 1.165) is 42.7 Å². The Hall–Kier alpha value is 0.970. The minimum Gasteiger partial charge on any atom is -0.379 e. The van der Waals surface area contributed by atoms with Gasteiger partial charge in [-0.15, -0.1) is 0 Å². The molecule has 100 valence electrons. The van der Waals surface area contributed by atoms with Crippen LogP contribution in [0.5, 0.6) is 0 Å². The van der Waals surface area contributed by atoms with E-state index in [1.54, 1.807) is 0 Å². The van der Waals surface area contributed by atoms with Gasteiger partial charge < -0.3 is 9.47 Å². The van der Waals surface area contributed by atoms with E-state index in [1.165, 1.54) is 17.9 Å². The van der Waals surface area contributed by atoms with E-state index in [0.29, 0.717) is 5.25 Å². The smallest absolute Gasteiger partial charge is 0.0593 e. The molecule has 2 aliphatic heterocycles. The maximum Gasteiger partial charge on any atom is 0.0593 e. The van der Waals surface area contributed by atoms with Gasteiger partial charge in [-0.05, 0) is 6.42 Å². The van der Waals surface area contributed by atoms with Crippen LogP contribution in [0.15, 0.2) is 0 Å². The van der Waals surface area contributed by atoms with Crippen LogP contribution in [-0.2, 0) is 9.47 Å². The molecule has 0 saturated carbocycles. The fourth-order valence-corrected chi connectivity index (χ4v) is 3.26. The molecule has 2 fully saturated rings. The normalized spacial score (nSPS) is 28.1. The Kier molecular flexibility index (Phi) is 6.94. The quantitative estimate of drug-likeness (QED) is 0.429. The zero-order valence-electron chi connectivity index (χ0n) is 10.4. The summed E-state index contributed by atoms with van der Waals surface area (Å²) < 4.78 is 11.3. The van der Waals surface area contributed by atoms with E-state index in [9.17, 15) is 0 Å². The molecule has 0 aromatic rings. The maximum absolute atomic E-state index is 5.73. The molecule has 0 spiro atoms. The van der Waals surface area contributed by atoms with Crippen molar-refractivity contribution in [1.82, 2.24) is 0 Å². The fourth-order valence-electron chi connectivity index (χ4n) is 1.43. The van der Waals surface area contributed by atoms with Crippen LogP contribution in [0, 0.1) is 0 Å². The molecule has 0 bridgehead atoms. The number of ether oxygens (including phenoxy) is 2. The van der Waals surface area contributed by atoms with Crippen LogP contribution in [0.4, 0.5) is 0 Å². The molecule has 2 saturated heterocycles. The number of hydrogen-bond donors (Lipinski definition) is 0. The van der Waals surface area contributed by atoms with Gasteiger partial charge in [-0.25, -0.2) is 0 Å². The van der Waals surface area contributed by atoms with Crippen molar-refractivity contribution in [2.45, 2.75) is 29.1 Å². The van der Waals surface area contributed by atoms with E-state index in [4.69, 9.17) is 9.47 Å². The number of rotatable bonds is 11. The molecule has 2 rings (SSSR count). The van der Waals surface area contributed by atoms with Crippen molar-refractivity contribution < 1.29 is 9.47 Å². The zero-order chi connectivity index (χ0) is 11.9. The van der Waals surface area contributed by atoms with Crippen molar-refractivity contribution in [3.8, 4) is 0 Å². The molecule has 0 aromatic heterocycles. The first-order valence-corrected chi connectivity index (χ1v) is 9.53. The first-order chi connectivity index (χ1) is 8.38. The largest absolute Gasteiger partial charge is 0.379 e. The highest BCUT2D eigenvalue weighted by molar-refractivity contribution is 8.07. The first-order valence-electron chi connectivity index (χ1n) is 6.38. The third-order valence-electron chi connectivity index (χ3n) is 2.75. The molecule has 2 heterocycles. The molecule has 2 nitrogen and oxygen atoms in total. The van der Waals surface area contributed by atoms with E-state index in [1.807, 2.05) is 35.3 Å². The van der Waals surface area contributed by atoms with Crippen LogP contribution in [-0.4, -0.2) is 59.4 Å². The van der Waals surface area contributed by atoms with Crippen molar-refractivity contribution in [2.75, 3.05) is 43.7 Å². The summed E-state index contributed by atoms with van der Waals surface area (Å²) in [7, 11) is 0. The average molecular weight is 295 g/mol. The van der Waals surface area contributed by atoms with Gasteiger partial charge in [-0.1, -0.05) is 6.92 Å². The van der Waals surface area contributed by atoms with E-state index in [-0.39, 0.29) is 0 Å². The van der Waals surface area contributed by atoms with Crippen LogP contribution >= 0.6 is 35.3 Å². The molecule has 0 aromatic carbocycles. The molecule has 0 amide bonds. The third kappa shape index (κ3) is 7.21. The second-order valence-electron chi connectivity index (χ2n) is 4.42. The molecule has 3 atom stereocenters. The Bertz CT molecular complexity index is 208. The van der Waals surface area contributed by atoms with Crippen LogP contribution in [0.1, 0.15) is 13.3 Å². The summed E-state index contributed by atoms with van der Waals surface area (Å²) in [4.78, 5) is 0. The van der Waals surface area contributed by atoms with Gasteiger partial charge in [0.05, 0.1) is 26.4 Å². The second-order valence-corrected chi connectivity index (χ2v) is 8.50. The first kappa shape index (κ1) is 14.4. The number of thioether (sulfide) groups is 3. The van der Waals surface area contributed by atoms with Crippen molar-refractivity contribution in [3.05, 3.63) is 0 Å². The van der Waals surface area contributed by atoms with Gasteiger partial charge in [0.25, 0.3) is 0 Å². The summed E-state index contributed by atoms with van der Waals surface area (Å²) in [6.07, 6.45) is 1.20. The van der Waals surface area contributed by atoms with Crippen LogP contribution in [0.2, 0.25) is 0 Å². The van der Waals surface area contributed by atoms with E-state index < -0.39 is 0 Å². The maximum atomic E-state index is 5.73. The average Bonchev–Trinajstić information content (AvgIpc) is 3.20. The Morgan fingerprint density at radius 3 is 2.41 bits per heavy atom. The summed E-state index contributed by atoms with van der Waals surface area (Å²) in [5, 5.41) is 2.26. The van der Waals surface area contributed by atoms with E-state index in [2.05, 4.69) is 6.92 Å². The highest BCUT2D eigenvalue weighted by atomic mass is 32.2. The summed E-state index contributed by atoms with van der Waals surface area (Å²) in [5.74, 6) is 3.71. The van der Waals surface area contributed by atoms with E-state index >= 15 is 0 Å². The Labute approximate surface area is 117 Å². The summed E-state index contributed by atoms with van der Waals surface area (Å²) in [6.45, 7) is 5.97.